The molecular weight excluding hydrogens is 285 g/mol. The number of benzene rings is 1. The van der Waals surface area contributed by atoms with Crippen molar-refractivity contribution in [1.82, 2.24) is 9.97 Å². The van der Waals surface area contributed by atoms with Crippen LogP contribution in [0.3, 0.4) is 0 Å². The van der Waals surface area contributed by atoms with Crippen LogP contribution in [0, 0.1) is 5.82 Å². The first-order chi connectivity index (χ1) is 10.7. The Morgan fingerprint density at radius 1 is 1.32 bits per heavy atom. The Bertz CT molecular complexity index is 691. The molecule has 1 N–H and O–H groups in total. The maximum Gasteiger partial charge on any atom is 0.340 e. The molecule has 2 aromatic rings. The van der Waals surface area contributed by atoms with E-state index in [1.54, 1.807) is 24.5 Å². The second-order valence-corrected chi connectivity index (χ2v) is 5.25. The number of carbonyl (C=O) groups excluding carboxylic acids is 1. The first kappa shape index (κ1) is 14.4. The van der Waals surface area contributed by atoms with Gasteiger partial charge in [0.25, 0.3) is 0 Å². The highest BCUT2D eigenvalue weighted by Gasteiger charge is 2.23. The number of ether oxygens (including phenoxy) is 1. The van der Waals surface area contributed by atoms with Gasteiger partial charge in [-0.25, -0.2) is 19.2 Å². The van der Waals surface area contributed by atoms with Crippen molar-refractivity contribution < 1.29 is 13.9 Å². The molecule has 22 heavy (non-hydrogen) atoms. The highest BCUT2D eigenvalue weighted by atomic mass is 19.1. The van der Waals surface area contributed by atoms with Crippen LogP contribution in [0.4, 0.5) is 10.3 Å². The van der Waals surface area contributed by atoms with E-state index in [9.17, 15) is 9.18 Å². The summed E-state index contributed by atoms with van der Waals surface area (Å²) in [4.78, 5) is 19.9. The SMILES string of the molecule is COC(=O)c1cc2c(cc1F)CCC(Nc1ncccn1)C2. The summed E-state index contributed by atoms with van der Waals surface area (Å²) in [5.74, 6) is -0.601. The average Bonchev–Trinajstić information content (AvgIpc) is 2.55. The third-order valence-electron chi connectivity index (χ3n) is 3.82. The second-order valence-electron chi connectivity index (χ2n) is 5.25. The van der Waals surface area contributed by atoms with E-state index >= 15 is 0 Å². The van der Waals surface area contributed by atoms with Crippen molar-refractivity contribution in [2.24, 2.45) is 0 Å². The molecule has 5 nitrogen and oxygen atoms in total. The first-order valence-electron chi connectivity index (χ1n) is 7.10. The molecule has 114 valence electrons. The number of esters is 1. The van der Waals surface area contributed by atoms with Crippen LogP contribution in [0.25, 0.3) is 0 Å². The molecular formula is C16H16FN3O2. The molecule has 1 aromatic heterocycles. The maximum absolute atomic E-state index is 13.9. The number of fused-ring (bicyclic) bond motifs is 1. The number of carbonyl (C=O) groups is 1. The van der Waals surface area contributed by atoms with Gasteiger partial charge in [-0.15, -0.1) is 0 Å². The van der Waals surface area contributed by atoms with E-state index in [1.807, 2.05) is 0 Å². The highest BCUT2D eigenvalue weighted by Crippen LogP contribution is 2.26. The highest BCUT2D eigenvalue weighted by molar-refractivity contribution is 5.90. The minimum atomic E-state index is -0.651. The smallest absolute Gasteiger partial charge is 0.340 e. The molecule has 1 aromatic carbocycles. The third-order valence-corrected chi connectivity index (χ3v) is 3.82. The van der Waals surface area contributed by atoms with E-state index in [0.29, 0.717) is 12.4 Å². The normalized spacial score (nSPS) is 16.7. The predicted molar refractivity (Wildman–Crippen MR) is 79.2 cm³/mol. The fourth-order valence-corrected chi connectivity index (χ4v) is 2.73. The number of nitrogens with zero attached hydrogens (tertiary/aromatic N) is 2. The van der Waals surface area contributed by atoms with Crippen LogP contribution in [0.15, 0.2) is 30.6 Å². The van der Waals surface area contributed by atoms with Crippen LogP contribution in [-0.2, 0) is 17.6 Å². The van der Waals surface area contributed by atoms with Gasteiger partial charge in [0.1, 0.15) is 5.82 Å². The van der Waals surface area contributed by atoms with E-state index < -0.39 is 11.8 Å². The Hall–Kier alpha value is -2.50. The number of methoxy groups -OCH3 is 1. The van der Waals surface area contributed by atoms with Crippen LogP contribution < -0.4 is 5.32 Å². The van der Waals surface area contributed by atoms with Gasteiger partial charge < -0.3 is 10.1 Å². The number of aryl methyl sites for hydroxylation is 1. The summed E-state index contributed by atoms with van der Waals surface area (Å²) in [6, 6.07) is 4.95. The van der Waals surface area contributed by atoms with Crippen molar-refractivity contribution in [2.75, 3.05) is 12.4 Å². The van der Waals surface area contributed by atoms with Crippen LogP contribution in [0.2, 0.25) is 0 Å². The summed E-state index contributed by atoms with van der Waals surface area (Å²) in [5, 5.41) is 3.27. The number of nitrogens with one attached hydrogen (secondary N) is 1. The first-order valence-corrected chi connectivity index (χ1v) is 7.10. The molecule has 1 atom stereocenters. The zero-order valence-electron chi connectivity index (χ0n) is 12.2. The van der Waals surface area contributed by atoms with Crippen molar-refractivity contribution in [2.45, 2.75) is 25.3 Å². The fraction of sp³-hybridized carbons (Fsp3) is 0.312. The molecule has 0 amide bonds. The van der Waals surface area contributed by atoms with E-state index in [1.165, 1.54) is 13.2 Å². The van der Waals surface area contributed by atoms with Crippen LogP contribution >= 0.6 is 0 Å². The fourth-order valence-electron chi connectivity index (χ4n) is 2.73. The number of hydrogen-bond acceptors (Lipinski definition) is 5. The molecule has 1 aliphatic carbocycles. The topological polar surface area (TPSA) is 64.1 Å². The van der Waals surface area contributed by atoms with Crippen molar-refractivity contribution in [3.63, 3.8) is 0 Å². The van der Waals surface area contributed by atoms with Gasteiger partial charge >= 0.3 is 5.97 Å². The molecule has 6 heteroatoms. The zero-order valence-corrected chi connectivity index (χ0v) is 12.2. The van der Waals surface area contributed by atoms with Crippen molar-refractivity contribution >= 4 is 11.9 Å². The van der Waals surface area contributed by atoms with Crippen molar-refractivity contribution in [3.8, 4) is 0 Å². The minimum Gasteiger partial charge on any atom is -0.465 e. The Morgan fingerprint density at radius 2 is 2.09 bits per heavy atom. The Morgan fingerprint density at radius 3 is 2.82 bits per heavy atom. The molecule has 0 saturated heterocycles. The zero-order chi connectivity index (χ0) is 15.5. The standard InChI is InChI=1S/C16H16FN3O2/c1-22-15(21)13-8-11-7-12(4-3-10(11)9-14(13)17)20-16-18-5-2-6-19-16/h2,5-6,8-9,12H,3-4,7H2,1H3,(H,18,19,20). The van der Waals surface area contributed by atoms with Gasteiger partial charge in [-0.05, 0) is 48.6 Å². The van der Waals surface area contributed by atoms with Gasteiger partial charge in [0.05, 0.1) is 12.7 Å². The lowest BCUT2D eigenvalue weighted by Crippen LogP contribution is -2.28. The van der Waals surface area contributed by atoms with E-state index in [4.69, 9.17) is 0 Å². The molecule has 0 fully saturated rings. The molecule has 0 radical (unpaired) electrons. The summed E-state index contributed by atoms with van der Waals surface area (Å²) < 4.78 is 18.5. The molecule has 1 aliphatic rings. The van der Waals surface area contributed by atoms with E-state index in [-0.39, 0.29) is 11.6 Å². The van der Waals surface area contributed by atoms with Gasteiger partial charge in [0.2, 0.25) is 5.95 Å². The summed E-state index contributed by atoms with van der Waals surface area (Å²) in [6.07, 6.45) is 5.66. The molecule has 1 unspecified atom stereocenters. The number of rotatable bonds is 3. The van der Waals surface area contributed by atoms with E-state index in [2.05, 4.69) is 20.0 Å². The monoisotopic (exact) mass is 301 g/mol. The Labute approximate surface area is 127 Å². The predicted octanol–water partition coefficient (Wildman–Crippen LogP) is 2.37. The number of aromatic nitrogens is 2. The van der Waals surface area contributed by atoms with Gasteiger partial charge in [-0.3, -0.25) is 0 Å². The average molecular weight is 301 g/mol. The summed E-state index contributed by atoms with van der Waals surface area (Å²) >= 11 is 0. The number of anilines is 1. The molecule has 0 aliphatic heterocycles. The molecule has 0 spiro atoms. The maximum atomic E-state index is 13.9. The Balaban J connectivity index is 1.81. The van der Waals surface area contributed by atoms with Gasteiger partial charge in [0, 0.05) is 18.4 Å². The van der Waals surface area contributed by atoms with Crippen molar-refractivity contribution in [3.05, 3.63) is 53.1 Å². The lowest BCUT2D eigenvalue weighted by Gasteiger charge is -2.26. The molecule has 1 heterocycles. The third kappa shape index (κ3) is 2.90. The number of hydrogen-bond donors (Lipinski definition) is 1. The lowest BCUT2D eigenvalue weighted by atomic mass is 9.87. The van der Waals surface area contributed by atoms with Gasteiger partial charge in [-0.1, -0.05) is 0 Å². The van der Waals surface area contributed by atoms with Crippen LogP contribution in [0.5, 0.6) is 0 Å². The summed E-state index contributed by atoms with van der Waals surface area (Å²) in [7, 11) is 1.25. The van der Waals surface area contributed by atoms with E-state index in [0.717, 1.165) is 24.0 Å². The molecule has 3 rings (SSSR count). The van der Waals surface area contributed by atoms with Crippen LogP contribution in [0.1, 0.15) is 27.9 Å². The quantitative estimate of drug-likeness (QED) is 0.882. The Kier molecular flexibility index (Phi) is 4.00. The summed E-state index contributed by atoms with van der Waals surface area (Å²) in [5.41, 5.74) is 1.89. The molecule has 0 saturated carbocycles. The minimum absolute atomic E-state index is 0.0159. The largest absolute Gasteiger partial charge is 0.465 e. The number of halogens is 1. The van der Waals surface area contributed by atoms with Crippen molar-refractivity contribution in [1.29, 1.82) is 0 Å². The summed E-state index contributed by atoms with van der Waals surface area (Å²) in [6.45, 7) is 0. The van der Waals surface area contributed by atoms with Gasteiger partial charge in [-0.2, -0.15) is 0 Å². The van der Waals surface area contributed by atoms with Gasteiger partial charge in [0.15, 0.2) is 0 Å². The molecule has 0 bridgehead atoms. The second kappa shape index (κ2) is 6.09. The van der Waals surface area contributed by atoms with Crippen LogP contribution in [-0.4, -0.2) is 29.1 Å². The lowest BCUT2D eigenvalue weighted by molar-refractivity contribution is 0.0595.